The average molecular weight is 331 g/mol. The Bertz CT molecular complexity index is 723. The Hall–Kier alpha value is -2.70. The van der Waals surface area contributed by atoms with E-state index in [1.807, 2.05) is 6.92 Å². The molecule has 2 fully saturated rings. The Kier molecular flexibility index (Phi) is 3.87. The van der Waals surface area contributed by atoms with Crippen LogP contribution in [0.2, 0.25) is 0 Å². The molecule has 1 saturated carbocycles. The standard InChI is InChI=1S/C17H17NO6/c1-8-2-3-12-13(4-8)15(20)18(14(12)19)11-6-9(16(21)22)5-10(7-11)17(23)24/h5-8,12-13H,2-4H2,1H3,(H,21,22)(H,23,24)/t8-,12-,13+/m1/s1. The number of carbonyl (C=O) groups excluding carboxylic acids is 2. The SMILES string of the molecule is C[C@@H]1CC[C@H]2C(=O)N(c3cc(C(=O)O)cc(C(=O)O)c3)C(=O)[C@H]2C1. The fourth-order valence-corrected chi connectivity index (χ4v) is 3.63. The van der Waals surface area contributed by atoms with Crippen molar-refractivity contribution in [2.24, 2.45) is 17.8 Å². The van der Waals surface area contributed by atoms with E-state index >= 15 is 0 Å². The monoisotopic (exact) mass is 331 g/mol. The minimum absolute atomic E-state index is 0.0179. The summed E-state index contributed by atoms with van der Waals surface area (Å²) in [4.78, 5) is 48.7. The molecule has 2 amide bonds. The fraction of sp³-hybridized carbons (Fsp3) is 0.412. The van der Waals surface area contributed by atoms with Gasteiger partial charge in [-0.1, -0.05) is 6.92 Å². The van der Waals surface area contributed by atoms with Crippen molar-refractivity contribution < 1.29 is 29.4 Å². The zero-order valence-corrected chi connectivity index (χ0v) is 13.1. The molecule has 2 N–H and O–H groups in total. The Balaban J connectivity index is 2.05. The number of nitrogens with zero attached hydrogens (tertiary/aromatic N) is 1. The number of benzene rings is 1. The van der Waals surface area contributed by atoms with Crippen LogP contribution in [0.4, 0.5) is 5.69 Å². The van der Waals surface area contributed by atoms with Crippen LogP contribution in [-0.4, -0.2) is 34.0 Å². The van der Waals surface area contributed by atoms with Crippen LogP contribution in [0.25, 0.3) is 0 Å². The van der Waals surface area contributed by atoms with Gasteiger partial charge in [-0.15, -0.1) is 0 Å². The number of hydrogen-bond donors (Lipinski definition) is 2. The fourth-order valence-electron chi connectivity index (χ4n) is 3.63. The Labute approximate surface area is 137 Å². The molecule has 0 bridgehead atoms. The molecule has 1 saturated heterocycles. The van der Waals surface area contributed by atoms with Gasteiger partial charge >= 0.3 is 11.9 Å². The van der Waals surface area contributed by atoms with E-state index in [-0.39, 0.29) is 28.6 Å². The highest BCUT2D eigenvalue weighted by atomic mass is 16.4. The van der Waals surface area contributed by atoms with E-state index in [0.717, 1.165) is 17.4 Å². The van der Waals surface area contributed by atoms with Gasteiger partial charge < -0.3 is 10.2 Å². The molecule has 0 radical (unpaired) electrons. The van der Waals surface area contributed by atoms with Gasteiger partial charge in [-0.2, -0.15) is 0 Å². The Morgan fingerprint density at radius 3 is 2.04 bits per heavy atom. The van der Waals surface area contributed by atoms with Crippen LogP contribution in [0.5, 0.6) is 0 Å². The lowest BCUT2D eigenvalue weighted by atomic mass is 9.76. The molecule has 126 valence electrons. The van der Waals surface area contributed by atoms with E-state index in [1.165, 1.54) is 12.1 Å². The number of carboxylic acid groups (broad SMARTS) is 2. The highest BCUT2D eigenvalue weighted by molar-refractivity contribution is 6.22. The number of carbonyl (C=O) groups is 4. The van der Waals surface area contributed by atoms with E-state index in [2.05, 4.69) is 0 Å². The van der Waals surface area contributed by atoms with Crippen LogP contribution >= 0.6 is 0 Å². The molecular formula is C17H17NO6. The van der Waals surface area contributed by atoms with E-state index in [1.54, 1.807) is 0 Å². The third-order valence-corrected chi connectivity index (χ3v) is 4.86. The number of fused-ring (bicyclic) bond motifs is 1. The first kappa shape index (κ1) is 16.2. The van der Waals surface area contributed by atoms with Crippen molar-refractivity contribution in [3.8, 4) is 0 Å². The Morgan fingerprint density at radius 1 is 0.958 bits per heavy atom. The zero-order chi connectivity index (χ0) is 17.6. The molecule has 0 spiro atoms. The summed E-state index contributed by atoms with van der Waals surface area (Å²) in [7, 11) is 0. The molecule has 3 atom stereocenters. The first-order valence-corrected chi connectivity index (χ1v) is 7.79. The summed E-state index contributed by atoms with van der Waals surface area (Å²) in [6, 6.07) is 3.35. The highest BCUT2D eigenvalue weighted by Gasteiger charge is 2.50. The van der Waals surface area contributed by atoms with Gasteiger partial charge in [0.1, 0.15) is 0 Å². The quantitative estimate of drug-likeness (QED) is 0.819. The van der Waals surface area contributed by atoms with Crippen molar-refractivity contribution in [2.75, 3.05) is 4.90 Å². The van der Waals surface area contributed by atoms with Crippen LogP contribution in [0.1, 0.15) is 46.9 Å². The number of carboxylic acids is 2. The van der Waals surface area contributed by atoms with E-state index in [9.17, 15) is 19.2 Å². The van der Waals surface area contributed by atoms with Gasteiger partial charge in [0.25, 0.3) is 0 Å². The summed E-state index contributed by atoms with van der Waals surface area (Å²) in [5, 5.41) is 18.3. The second-order valence-corrected chi connectivity index (χ2v) is 6.52. The average Bonchev–Trinajstić information content (AvgIpc) is 2.77. The van der Waals surface area contributed by atoms with Gasteiger partial charge in [0.05, 0.1) is 28.7 Å². The molecule has 1 aromatic rings. The Morgan fingerprint density at radius 2 is 1.50 bits per heavy atom. The molecule has 1 aliphatic carbocycles. The third-order valence-electron chi connectivity index (χ3n) is 4.86. The van der Waals surface area contributed by atoms with E-state index in [0.29, 0.717) is 18.8 Å². The normalized spacial score (nSPS) is 26.4. The molecule has 0 unspecified atom stereocenters. The first-order chi connectivity index (χ1) is 11.3. The van der Waals surface area contributed by atoms with Gasteiger partial charge in [-0.25, -0.2) is 9.59 Å². The third kappa shape index (κ3) is 2.55. The number of imide groups is 1. The van der Waals surface area contributed by atoms with Crippen LogP contribution in [0.3, 0.4) is 0 Å². The zero-order valence-electron chi connectivity index (χ0n) is 13.1. The molecule has 3 rings (SSSR count). The second kappa shape index (κ2) is 5.74. The van der Waals surface area contributed by atoms with Crippen molar-refractivity contribution in [3.05, 3.63) is 29.3 Å². The lowest BCUT2D eigenvalue weighted by molar-refractivity contribution is -0.122. The van der Waals surface area contributed by atoms with E-state index < -0.39 is 23.8 Å². The van der Waals surface area contributed by atoms with Gasteiger partial charge in [0.15, 0.2) is 0 Å². The lowest BCUT2D eigenvalue weighted by Crippen LogP contribution is -2.31. The minimum Gasteiger partial charge on any atom is -0.478 e. The largest absolute Gasteiger partial charge is 0.478 e. The van der Waals surface area contributed by atoms with E-state index in [4.69, 9.17) is 10.2 Å². The topological polar surface area (TPSA) is 112 Å². The van der Waals surface area contributed by atoms with Gasteiger partial charge in [-0.05, 0) is 43.4 Å². The molecule has 2 aliphatic rings. The minimum atomic E-state index is -1.32. The van der Waals surface area contributed by atoms with Crippen molar-refractivity contribution in [2.45, 2.75) is 26.2 Å². The summed E-state index contributed by atoms with van der Waals surface area (Å²) in [6.45, 7) is 2.03. The number of amides is 2. The van der Waals surface area contributed by atoms with Crippen molar-refractivity contribution >= 4 is 29.4 Å². The summed E-state index contributed by atoms with van der Waals surface area (Å²) >= 11 is 0. The maximum Gasteiger partial charge on any atom is 0.335 e. The van der Waals surface area contributed by atoms with Crippen molar-refractivity contribution in [1.82, 2.24) is 0 Å². The van der Waals surface area contributed by atoms with Gasteiger partial charge in [0.2, 0.25) is 11.8 Å². The van der Waals surface area contributed by atoms with Crippen molar-refractivity contribution in [1.29, 1.82) is 0 Å². The highest BCUT2D eigenvalue weighted by Crippen LogP contribution is 2.42. The number of aromatic carboxylic acids is 2. The maximum absolute atomic E-state index is 12.7. The maximum atomic E-state index is 12.7. The summed E-state index contributed by atoms with van der Waals surface area (Å²) in [6.07, 6.45) is 2.11. The van der Waals surface area contributed by atoms with Crippen LogP contribution in [0, 0.1) is 17.8 Å². The second-order valence-electron chi connectivity index (χ2n) is 6.52. The first-order valence-electron chi connectivity index (χ1n) is 7.79. The predicted molar refractivity (Wildman–Crippen MR) is 82.8 cm³/mol. The molecule has 1 aliphatic heterocycles. The van der Waals surface area contributed by atoms with Crippen LogP contribution < -0.4 is 4.90 Å². The van der Waals surface area contributed by atoms with Crippen LogP contribution in [-0.2, 0) is 9.59 Å². The summed E-state index contributed by atoms with van der Waals surface area (Å²) in [5.41, 5.74) is -0.521. The molecule has 1 heterocycles. The van der Waals surface area contributed by atoms with Crippen molar-refractivity contribution in [3.63, 3.8) is 0 Å². The molecule has 7 nitrogen and oxygen atoms in total. The smallest absolute Gasteiger partial charge is 0.335 e. The summed E-state index contributed by atoms with van der Waals surface area (Å²) < 4.78 is 0. The predicted octanol–water partition coefficient (Wildman–Crippen LogP) is 2.01. The van der Waals surface area contributed by atoms with Crippen LogP contribution in [0.15, 0.2) is 18.2 Å². The number of anilines is 1. The molecule has 0 aromatic heterocycles. The molecule has 24 heavy (non-hydrogen) atoms. The summed E-state index contributed by atoms with van der Waals surface area (Å²) in [5.74, 6) is -3.80. The van der Waals surface area contributed by atoms with Gasteiger partial charge in [-0.3, -0.25) is 14.5 Å². The lowest BCUT2D eigenvalue weighted by Gasteiger charge is -2.25. The number of rotatable bonds is 3. The molecular weight excluding hydrogens is 314 g/mol. The van der Waals surface area contributed by atoms with Gasteiger partial charge in [0, 0.05) is 0 Å². The molecule has 7 heteroatoms. The molecule has 1 aromatic carbocycles. The number of hydrogen-bond acceptors (Lipinski definition) is 4.